The van der Waals surface area contributed by atoms with Gasteiger partial charge >= 0.3 is 0 Å². The van der Waals surface area contributed by atoms with Gasteiger partial charge in [0, 0.05) is 17.0 Å². The quantitative estimate of drug-likeness (QED) is 0.700. The van der Waals surface area contributed by atoms with E-state index in [0.29, 0.717) is 5.17 Å². The first-order valence-electron chi connectivity index (χ1n) is 5.00. The van der Waals surface area contributed by atoms with Crippen LogP contribution in [0.3, 0.4) is 0 Å². The van der Waals surface area contributed by atoms with Crippen LogP contribution in [0, 0.1) is 5.92 Å². The van der Waals surface area contributed by atoms with E-state index in [1.54, 1.807) is 6.20 Å². The minimum absolute atomic E-state index is 0.0215. The second-order valence-corrected chi connectivity index (χ2v) is 4.63. The second kappa shape index (κ2) is 4.17. The zero-order valence-electron chi connectivity index (χ0n) is 8.19. The lowest BCUT2D eigenvalue weighted by Crippen LogP contribution is -2.21. The fourth-order valence-corrected chi connectivity index (χ4v) is 2.08. The van der Waals surface area contributed by atoms with Gasteiger partial charge in [0.15, 0.2) is 5.17 Å². The molecule has 1 aliphatic carbocycles. The van der Waals surface area contributed by atoms with Gasteiger partial charge in [-0.25, -0.2) is 5.32 Å². The van der Waals surface area contributed by atoms with Crippen LogP contribution in [0.2, 0.25) is 0 Å². The van der Waals surface area contributed by atoms with Crippen molar-refractivity contribution < 1.29 is 4.79 Å². The molecule has 0 saturated heterocycles. The molecule has 1 amide bonds. The van der Waals surface area contributed by atoms with E-state index in [-0.39, 0.29) is 11.8 Å². The summed E-state index contributed by atoms with van der Waals surface area (Å²) in [4.78, 5) is 16.7. The van der Waals surface area contributed by atoms with Crippen molar-refractivity contribution in [2.75, 3.05) is 0 Å². The van der Waals surface area contributed by atoms with Crippen molar-refractivity contribution in [2.24, 2.45) is 10.9 Å². The van der Waals surface area contributed by atoms with Crippen molar-refractivity contribution in [1.82, 2.24) is 5.32 Å². The highest BCUT2D eigenvalue weighted by Crippen LogP contribution is 2.29. The van der Waals surface area contributed by atoms with Crippen LogP contribution in [0.5, 0.6) is 0 Å². The van der Waals surface area contributed by atoms with Crippen molar-refractivity contribution in [3.63, 3.8) is 0 Å². The van der Waals surface area contributed by atoms with E-state index in [4.69, 9.17) is 0 Å². The molecule has 0 aromatic rings. The molecule has 14 heavy (non-hydrogen) atoms. The number of allylic oxidation sites excluding steroid dienone is 1. The number of amides is 1. The third kappa shape index (κ3) is 2.00. The molecule has 2 rings (SSSR count). The minimum atomic E-state index is 0.0215. The van der Waals surface area contributed by atoms with Gasteiger partial charge in [0.25, 0.3) is 5.91 Å². The first-order valence-corrected chi connectivity index (χ1v) is 5.81. The normalized spacial score (nSPS) is 24.4. The number of carbonyl (C=O) groups excluding carboxylic acids is 1. The van der Waals surface area contributed by atoms with Crippen LogP contribution in [-0.2, 0) is 4.79 Å². The number of carbonyl (C=O) groups is 1. The molecule has 2 aliphatic rings. The predicted octanol–water partition coefficient (Wildman–Crippen LogP) is 2.27. The number of hydrogen-bond donors (Lipinski definition) is 0. The monoisotopic (exact) mass is 209 g/mol. The Balaban J connectivity index is 1.90. The summed E-state index contributed by atoms with van der Waals surface area (Å²) in [5.41, 5.74) is 0. The van der Waals surface area contributed by atoms with E-state index in [1.807, 2.05) is 0 Å². The smallest absolute Gasteiger partial charge is 0.251 e. The summed E-state index contributed by atoms with van der Waals surface area (Å²) in [6.45, 7) is 2.07. The second-order valence-electron chi connectivity index (χ2n) is 3.54. The van der Waals surface area contributed by atoms with Crippen molar-refractivity contribution >= 4 is 22.8 Å². The van der Waals surface area contributed by atoms with Gasteiger partial charge in [-0.1, -0.05) is 25.1 Å². The van der Waals surface area contributed by atoms with Gasteiger partial charge in [0.1, 0.15) is 0 Å². The highest BCUT2D eigenvalue weighted by atomic mass is 32.2. The molecule has 0 bridgehead atoms. The fraction of sp³-hybridized carbons (Fsp3) is 0.600. The van der Waals surface area contributed by atoms with E-state index in [9.17, 15) is 4.79 Å². The molecule has 0 aromatic carbocycles. The molecular weight excluding hydrogens is 196 g/mol. The Kier molecular flexibility index (Phi) is 2.91. The molecule has 0 unspecified atom stereocenters. The molecule has 0 N–H and O–H groups in total. The van der Waals surface area contributed by atoms with E-state index in [1.165, 1.54) is 23.1 Å². The highest BCUT2D eigenvalue weighted by molar-refractivity contribution is 8.17. The van der Waals surface area contributed by atoms with Crippen molar-refractivity contribution in [3.05, 3.63) is 11.1 Å². The number of thioether (sulfide) groups is 1. The molecule has 1 saturated carbocycles. The molecule has 1 fully saturated rings. The van der Waals surface area contributed by atoms with Gasteiger partial charge in [-0.15, -0.1) is 0 Å². The first kappa shape index (κ1) is 9.77. The lowest BCUT2D eigenvalue weighted by atomic mass is 9.85. The number of nitrogens with zero attached hydrogens (tertiary/aromatic N) is 2. The largest absolute Gasteiger partial charge is 0.272 e. The van der Waals surface area contributed by atoms with Crippen LogP contribution >= 0.6 is 11.8 Å². The van der Waals surface area contributed by atoms with Gasteiger partial charge in [-0.2, -0.15) is 4.99 Å². The molecule has 1 radical (unpaired) electrons. The summed E-state index contributed by atoms with van der Waals surface area (Å²) < 4.78 is 0. The van der Waals surface area contributed by atoms with E-state index < -0.39 is 0 Å². The number of amidine groups is 1. The summed E-state index contributed by atoms with van der Waals surface area (Å²) in [5, 5.41) is 4.72. The maximum atomic E-state index is 11.5. The molecule has 0 spiro atoms. The Hall–Kier alpha value is -0.770. The summed E-state index contributed by atoms with van der Waals surface area (Å²) >= 11 is 1.51. The Bertz CT molecular complexity index is 305. The van der Waals surface area contributed by atoms with Crippen LogP contribution < -0.4 is 5.32 Å². The standard InChI is InChI=1S/C10H13N2OS/c1-2-8-6-11-10(14-8)12-9(13)7-4-3-5-7/h6-7H,2-5H2,1H3. The Labute approximate surface area is 88.1 Å². The average molecular weight is 209 g/mol. The molecule has 0 aromatic heterocycles. The molecular formula is C10H13N2OS. The van der Waals surface area contributed by atoms with E-state index >= 15 is 0 Å². The lowest BCUT2D eigenvalue weighted by molar-refractivity contribution is -0.123. The van der Waals surface area contributed by atoms with Gasteiger partial charge in [-0.3, -0.25) is 4.79 Å². The average Bonchev–Trinajstić information content (AvgIpc) is 2.48. The molecule has 1 aliphatic heterocycles. The van der Waals surface area contributed by atoms with Crippen molar-refractivity contribution in [1.29, 1.82) is 0 Å². The van der Waals surface area contributed by atoms with Crippen LogP contribution in [0.15, 0.2) is 16.1 Å². The molecule has 3 nitrogen and oxygen atoms in total. The summed E-state index contributed by atoms with van der Waals surface area (Å²) in [6.07, 6.45) is 5.95. The Morgan fingerprint density at radius 3 is 3.00 bits per heavy atom. The Morgan fingerprint density at radius 1 is 1.71 bits per heavy atom. The predicted molar refractivity (Wildman–Crippen MR) is 57.9 cm³/mol. The van der Waals surface area contributed by atoms with Crippen molar-refractivity contribution in [3.8, 4) is 0 Å². The van der Waals surface area contributed by atoms with Gasteiger partial charge in [0.05, 0.1) is 0 Å². The maximum absolute atomic E-state index is 11.5. The molecule has 0 atom stereocenters. The minimum Gasteiger partial charge on any atom is -0.272 e. The zero-order valence-corrected chi connectivity index (χ0v) is 9.01. The van der Waals surface area contributed by atoms with Crippen LogP contribution in [0.1, 0.15) is 32.6 Å². The van der Waals surface area contributed by atoms with Crippen LogP contribution in [0.4, 0.5) is 0 Å². The topological polar surface area (TPSA) is 43.5 Å². The highest BCUT2D eigenvalue weighted by Gasteiger charge is 2.26. The molecule has 1 heterocycles. The van der Waals surface area contributed by atoms with Crippen LogP contribution in [-0.4, -0.2) is 11.1 Å². The number of hydrogen-bond acceptors (Lipinski definition) is 2. The van der Waals surface area contributed by atoms with Gasteiger partial charge < -0.3 is 0 Å². The third-order valence-corrected chi connectivity index (χ3v) is 3.59. The SMILES string of the molecule is CCC1=C[N]C(=NC(=O)C2CCC2)S1. The van der Waals surface area contributed by atoms with Gasteiger partial charge in [-0.05, 0) is 19.3 Å². The summed E-state index contributed by atoms with van der Waals surface area (Å²) in [5.74, 6) is 0.206. The zero-order chi connectivity index (χ0) is 9.97. The van der Waals surface area contributed by atoms with E-state index in [2.05, 4.69) is 17.2 Å². The number of aliphatic imine (C=N–C) groups is 1. The summed E-state index contributed by atoms with van der Waals surface area (Å²) in [7, 11) is 0. The third-order valence-electron chi connectivity index (χ3n) is 2.55. The van der Waals surface area contributed by atoms with Crippen molar-refractivity contribution in [2.45, 2.75) is 32.6 Å². The van der Waals surface area contributed by atoms with Crippen LogP contribution in [0.25, 0.3) is 0 Å². The lowest BCUT2D eigenvalue weighted by Gasteiger charge is -2.21. The molecule has 4 heteroatoms. The Morgan fingerprint density at radius 2 is 2.50 bits per heavy atom. The molecule has 75 valence electrons. The fourth-order valence-electron chi connectivity index (χ4n) is 1.35. The van der Waals surface area contributed by atoms with Gasteiger partial charge in [0.2, 0.25) is 0 Å². The van der Waals surface area contributed by atoms with E-state index in [0.717, 1.165) is 19.3 Å². The first-order chi connectivity index (χ1) is 6.79. The number of rotatable bonds is 2. The maximum Gasteiger partial charge on any atom is 0.251 e. The summed E-state index contributed by atoms with van der Waals surface area (Å²) in [6, 6.07) is 0.